The van der Waals surface area contributed by atoms with E-state index in [1.807, 2.05) is 44.2 Å². The third-order valence-electron chi connectivity index (χ3n) is 4.66. The van der Waals surface area contributed by atoms with Crippen LogP contribution >= 0.6 is 0 Å². The summed E-state index contributed by atoms with van der Waals surface area (Å²) in [6, 6.07) is 11.4. The number of ether oxygens (including phenoxy) is 1. The number of nitrogens with one attached hydrogen (secondary N) is 1. The summed E-state index contributed by atoms with van der Waals surface area (Å²) >= 11 is 0. The van der Waals surface area contributed by atoms with Gasteiger partial charge in [-0.05, 0) is 55.3 Å². The molecule has 7 heteroatoms. The molecule has 0 fully saturated rings. The molecule has 0 unspecified atom stereocenters. The molecular formula is C22H21N5O2. The quantitative estimate of drug-likeness (QED) is 0.568. The highest BCUT2D eigenvalue weighted by atomic mass is 16.5. The summed E-state index contributed by atoms with van der Waals surface area (Å²) in [5.41, 5.74) is 6.05. The lowest BCUT2D eigenvalue weighted by molar-refractivity contribution is 0.0945. The number of methoxy groups -OCH3 is 1. The Morgan fingerprint density at radius 1 is 1.14 bits per heavy atom. The third kappa shape index (κ3) is 3.94. The van der Waals surface area contributed by atoms with Crippen molar-refractivity contribution in [2.45, 2.75) is 20.4 Å². The van der Waals surface area contributed by atoms with Gasteiger partial charge in [0.1, 0.15) is 5.75 Å². The fraction of sp³-hybridized carbons (Fsp3) is 0.182. The van der Waals surface area contributed by atoms with Crippen molar-refractivity contribution < 1.29 is 9.53 Å². The average Bonchev–Trinajstić information content (AvgIpc) is 3.15. The molecular weight excluding hydrogens is 366 g/mol. The molecule has 0 aromatic carbocycles. The molecule has 0 atom stereocenters. The molecule has 1 amide bonds. The zero-order valence-electron chi connectivity index (χ0n) is 16.5. The molecule has 0 saturated heterocycles. The second kappa shape index (κ2) is 7.71. The average molecular weight is 387 g/mol. The highest BCUT2D eigenvalue weighted by molar-refractivity contribution is 5.93. The second-order valence-corrected chi connectivity index (χ2v) is 6.85. The molecule has 29 heavy (non-hydrogen) atoms. The number of carbonyl (C=O) groups excluding carboxylic acids is 1. The van der Waals surface area contributed by atoms with Crippen LogP contribution in [0.5, 0.6) is 5.75 Å². The fourth-order valence-electron chi connectivity index (χ4n) is 3.20. The number of fused-ring (bicyclic) bond motifs is 1. The molecule has 4 rings (SSSR count). The minimum absolute atomic E-state index is 0.237. The number of nitrogens with zero attached hydrogens (tertiary/aromatic N) is 4. The molecule has 0 bridgehead atoms. The first kappa shape index (κ1) is 18.6. The summed E-state index contributed by atoms with van der Waals surface area (Å²) in [4.78, 5) is 21.3. The monoisotopic (exact) mass is 387 g/mol. The molecule has 0 spiro atoms. The molecule has 0 aliphatic carbocycles. The van der Waals surface area contributed by atoms with Crippen LogP contribution in [0.15, 0.2) is 55.0 Å². The Hall–Kier alpha value is -3.74. The van der Waals surface area contributed by atoms with Crippen molar-refractivity contribution >= 4 is 11.4 Å². The summed E-state index contributed by atoms with van der Waals surface area (Å²) in [7, 11) is 1.59. The Morgan fingerprint density at radius 2 is 2.00 bits per heavy atom. The number of hydrogen-bond acceptors (Lipinski definition) is 5. The van der Waals surface area contributed by atoms with Gasteiger partial charge in [-0.15, -0.1) is 0 Å². The normalized spacial score (nSPS) is 10.9. The van der Waals surface area contributed by atoms with E-state index < -0.39 is 0 Å². The predicted molar refractivity (Wildman–Crippen MR) is 110 cm³/mol. The van der Waals surface area contributed by atoms with E-state index in [1.54, 1.807) is 36.3 Å². The standard InChI is InChI=1S/C22H21N5O2/c1-14-8-16(11-24-21(14)17-6-7-23-15(2)9-17)12-25-22(28)20-10-18-4-5-19(29-3)13-27(18)26-20/h4-11,13H,12H2,1-3H3,(H,25,28). The minimum atomic E-state index is -0.237. The van der Waals surface area contributed by atoms with E-state index in [1.165, 1.54) is 0 Å². The van der Waals surface area contributed by atoms with Gasteiger partial charge in [-0.2, -0.15) is 5.10 Å². The fourth-order valence-corrected chi connectivity index (χ4v) is 3.20. The van der Waals surface area contributed by atoms with Gasteiger partial charge in [0.2, 0.25) is 0 Å². The van der Waals surface area contributed by atoms with E-state index in [4.69, 9.17) is 4.74 Å². The van der Waals surface area contributed by atoms with Crippen molar-refractivity contribution in [1.29, 1.82) is 0 Å². The summed E-state index contributed by atoms with van der Waals surface area (Å²) in [6.07, 6.45) is 5.30. The Morgan fingerprint density at radius 3 is 2.76 bits per heavy atom. The zero-order valence-corrected chi connectivity index (χ0v) is 16.5. The van der Waals surface area contributed by atoms with Crippen LogP contribution in [-0.4, -0.2) is 32.6 Å². The smallest absolute Gasteiger partial charge is 0.272 e. The first-order valence-electron chi connectivity index (χ1n) is 9.23. The highest BCUT2D eigenvalue weighted by Crippen LogP contribution is 2.22. The maximum absolute atomic E-state index is 12.5. The van der Waals surface area contributed by atoms with Crippen LogP contribution < -0.4 is 10.1 Å². The van der Waals surface area contributed by atoms with Crippen molar-refractivity contribution in [3.63, 3.8) is 0 Å². The maximum atomic E-state index is 12.5. The topological polar surface area (TPSA) is 81.4 Å². The van der Waals surface area contributed by atoms with Gasteiger partial charge in [-0.1, -0.05) is 6.07 Å². The molecule has 4 heterocycles. The largest absolute Gasteiger partial charge is 0.495 e. The minimum Gasteiger partial charge on any atom is -0.495 e. The van der Waals surface area contributed by atoms with E-state index in [-0.39, 0.29) is 5.91 Å². The summed E-state index contributed by atoms with van der Waals surface area (Å²) < 4.78 is 6.81. The maximum Gasteiger partial charge on any atom is 0.272 e. The number of aryl methyl sites for hydroxylation is 2. The molecule has 146 valence electrons. The van der Waals surface area contributed by atoms with E-state index in [0.29, 0.717) is 18.0 Å². The van der Waals surface area contributed by atoms with Gasteiger partial charge < -0.3 is 10.1 Å². The van der Waals surface area contributed by atoms with Crippen LogP contribution in [0.2, 0.25) is 0 Å². The van der Waals surface area contributed by atoms with Gasteiger partial charge in [0, 0.05) is 30.2 Å². The second-order valence-electron chi connectivity index (χ2n) is 6.85. The van der Waals surface area contributed by atoms with Crippen molar-refractivity contribution in [2.75, 3.05) is 7.11 Å². The van der Waals surface area contributed by atoms with Gasteiger partial charge in [0.05, 0.1) is 24.5 Å². The molecule has 0 saturated carbocycles. The summed E-state index contributed by atoms with van der Waals surface area (Å²) in [6.45, 7) is 4.34. The van der Waals surface area contributed by atoms with Crippen LogP contribution in [0.25, 0.3) is 16.8 Å². The van der Waals surface area contributed by atoms with Crippen molar-refractivity contribution in [2.24, 2.45) is 0 Å². The van der Waals surface area contributed by atoms with Crippen molar-refractivity contribution in [1.82, 2.24) is 24.9 Å². The molecule has 7 nitrogen and oxygen atoms in total. The lowest BCUT2D eigenvalue weighted by Crippen LogP contribution is -2.23. The lowest BCUT2D eigenvalue weighted by Gasteiger charge is -2.09. The SMILES string of the molecule is COc1ccc2cc(C(=O)NCc3cnc(-c4ccnc(C)c4)c(C)c3)nn2c1. The van der Waals surface area contributed by atoms with Crippen molar-refractivity contribution in [3.8, 4) is 17.0 Å². The highest BCUT2D eigenvalue weighted by Gasteiger charge is 2.12. The molecule has 1 N–H and O–H groups in total. The molecule has 0 radical (unpaired) electrons. The number of pyridine rings is 3. The Kier molecular flexibility index (Phi) is 4.95. The summed E-state index contributed by atoms with van der Waals surface area (Å²) in [5, 5.41) is 7.22. The van der Waals surface area contributed by atoms with E-state index >= 15 is 0 Å². The molecule has 0 aliphatic rings. The van der Waals surface area contributed by atoms with Crippen LogP contribution in [0, 0.1) is 13.8 Å². The number of aromatic nitrogens is 4. The number of rotatable bonds is 5. The first-order chi connectivity index (χ1) is 14.0. The number of amides is 1. The van der Waals surface area contributed by atoms with Gasteiger partial charge in [0.15, 0.2) is 5.69 Å². The van der Waals surface area contributed by atoms with Crippen LogP contribution in [0.4, 0.5) is 0 Å². The zero-order chi connectivity index (χ0) is 20.4. The van der Waals surface area contributed by atoms with Gasteiger partial charge in [0.25, 0.3) is 5.91 Å². The summed E-state index contributed by atoms with van der Waals surface area (Å²) in [5.74, 6) is 0.442. The van der Waals surface area contributed by atoms with E-state index in [9.17, 15) is 4.79 Å². The van der Waals surface area contributed by atoms with Gasteiger partial charge in [-0.25, -0.2) is 4.52 Å². The van der Waals surface area contributed by atoms with E-state index in [0.717, 1.165) is 33.6 Å². The van der Waals surface area contributed by atoms with Crippen LogP contribution in [-0.2, 0) is 6.54 Å². The molecule has 4 aromatic heterocycles. The van der Waals surface area contributed by atoms with Gasteiger partial charge in [-0.3, -0.25) is 14.8 Å². The van der Waals surface area contributed by atoms with E-state index in [2.05, 4.69) is 20.4 Å². The van der Waals surface area contributed by atoms with Crippen molar-refractivity contribution in [3.05, 3.63) is 77.5 Å². The number of carbonyl (C=O) groups is 1. The Bertz CT molecular complexity index is 1200. The molecule has 4 aromatic rings. The van der Waals surface area contributed by atoms with Crippen LogP contribution in [0.3, 0.4) is 0 Å². The van der Waals surface area contributed by atoms with Gasteiger partial charge >= 0.3 is 0 Å². The Labute approximate surface area is 168 Å². The third-order valence-corrected chi connectivity index (χ3v) is 4.66. The first-order valence-corrected chi connectivity index (χ1v) is 9.23. The molecule has 0 aliphatic heterocycles. The number of hydrogen-bond donors (Lipinski definition) is 1. The predicted octanol–water partition coefficient (Wildman–Crippen LogP) is 3.35. The Balaban J connectivity index is 1.47. The van der Waals surface area contributed by atoms with Crippen LogP contribution in [0.1, 0.15) is 27.3 Å². The lowest BCUT2D eigenvalue weighted by atomic mass is 10.1.